The van der Waals surface area contributed by atoms with Gasteiger partial charge in [-0.2, -0.15) is 5.10 Å². The van der Waals surface area contributed by atoms with Gasteiger partial charge in [0, 0.05) is 6.04 Å². The smallest absolute Gasteiger partial charge is 0.183 e. The highest BCUT2D eigenvalue weighted by atomic mass is 79.9. The van der Waals surface area contributed by atoms with Crippen molar-refractivity contribution in [3.05, 3.63) is 16.4 Å². The molecule has 5 heteroatoms. The summed E-state index contributed by atoms with van der Waals surface area (Å²) in [6, 6.07) is -0.268. The molecule has 0 spiro atoms. The van der Waals surface area contributed by atoms with Crippen molar-refractivity contribution in [2.24, 2.45) is 5.73 Å². The Hall–Kier alpha value is -0.680. The maximum Gasteiger partial charge on any atom is 0.183 e. The quantitative estimate of drug-likeness (QED) is 0.842. The molecule has 1 atom stereocenters. The second-order valence-electron chi connectivity index (χ2n) is 3.54. The van der Waals surface area contributed by atoms with E-state index < -0.39 is 6.04 Å². The van der Waals surface area contributed by atoms with Crippen LogP contribution in [0.5, 0.6) is 0 Å². The van der Waals surface area contributed by atoms with Gasteiger partial charge in [0.1, 0.15) is 4.60 Å². The summed E-state index contributed by atoms with van der Waals surface area (Å²) >= 11 is 3.34. The third kappa shape index (κ3) is 2.04. The first-order valence-corrected chi connectivity index (χ1v) is 5.27. The number of nitrogens with zero attached hydrogens (tertiary/aromatic N) is 2. The number of hydrogen-bond donors (Lipinski definition) is 1. The van der Waals surface area contributed by atoms with Gasteiger partial charge in [-0.15, -0.1) is 0 Å². The molecule has 0 saturated heterocycles. The van der Waals surface area contributed by atoms with E-state index in [1.165, 1.54) is 0 Å². The van der Waals surface area contributed by atoms with Gasteiger partial charge in [-0.25, -0.2) is 0 Å². The summed E-state index contributed by atoms with van der Waals surface area (Å²) in [4.78, 5) is 11.6. The van der Waals surface area contributed by atoms with Crippen molar-refractivity contribution in [3.63, 3.8) is 0 Å². The van der Waals surface area contributed by atoms with E-state index in [0.717, 1.165) is 0 Å². The van der Waals surface area contributed by atoms with Gasteiger partial charge in [-0.1, -0.05) is 0 Å². The van der Waals surface area contributed by atoms with Crippen molar-refractivity contribution in [2.45, 2.75) is 32.9 Å². The number of carbonyl (C=O) groups is 1. The fourth-order valence-electron chi connectivity index (χ4n) is 1.12. The van der Waals surface area contributed by atoms with E-state index in [-0.39, 0.29) is 11.8 Å². The molecule has 0 aliphatic carbocycles. The second-order valence-corrected chi connectivity index (χ2v) is 4.29. The molecule has 0 amide bonds. The summed E-state index contributed by atoms with van der Waals surface area (Å²) in [6.07, 6.45) is 1.55. The molecule has 1 rings (SSSR count). The lowest BCUT2D eigenvalue weighted by atomic mass is 10.1. The molecule has 0 bridgehead atoms. The highest BCUT2D eigenvalue weighted by Gasteiger charge is 2.19. The average Bonchev–Trinajstić information content (AvgIpc) is 2.45. The van der Waals surface area contributed by atoms with Gasteiger partial charge in [-0.05, 0) is 36.7 Å². The number of rotatable bonds is 3. The monoisotopic (exact) mass is 259 g/mol. The fourth-order valence-corrected chi connectivity index (χ4v) is 1.92. The Morgan fingerprint density at radius 2 is 2.14 bits per heavy atom. The lowest BCUT2D eigenvalue weighted by molar-refractivity contribution is 0.0967. The van der Waals surface area contributed by atoms with E-state index in [9.17, 15) is 4.79 Å². The van der Waals surface area contributed by atoms with Gasteiger partial charge >= 0.3 is 0 Å². The van der Waals surface area contributed by atoms with Gasteiger partial charge < -0.3 is 5.73 Å². The van der Waals surface area contributed by atoms with Gasteiger partial charge in [0.05, 0.1) is 17.8 Å². The van der Waals surface area contributed by atoms with Crippen molar-refractivity contribution in [3.8, 4) is 0 Å². The molecular weight excluding hydrogens is 246 g/mol. The Labute approximate surface area is 91.6 Å². The van der Waals surface area contributed by atoms with Crippen LogP contribution in [-0.2, 0) is 0 Å². The van der Waals surface area contributed by atoms with Crippen LogP contribution in [0, 0.1) is 0 Å². The topological polar surface area (TPSA) is 60.9 Å². The SMILES string of the molecule is CC(N)C(=O)c1cnn(C(C)C)c1Br. The van der Waals surface area contributed by atoms with E-state index in [2.05, 4.69) is 21.0 Å². The molecule has 4 nitrogen and oxygen atoms in total. The van der Waals surface area contributed by atoms with E-state index in [1.54, 1.807) is 17.8 Å². The van der Waals surface area contributed by atoms with Crippen LogP contribution in [0.3, 0.4) is 0 Å². The lowest BCUT2D eigenvalue weighted by Gasteiger charge is -2.07. The number of Topliss-reactive ketones (excluding diaryl/α,β-unsaturated/α-hetero) is 1. The Morgan fingerprint density at radius 1 is 1.57 bits per heavy atom. The molecule has 0 aliphatic heterocycles. The molecule has 0 aliphatic rings. The van der Waals surface area contributed by atoms with Crippen LogP contribution in [0.1, 0.15) is 37.2 Å². The number of hydrogen-bond acceptors (Lipinski definition) is 3. The highest BCUT2D eigenvalue weighted by molar-refractivity contribution is 9.10. The van der Waals surface area contributed by atoms with Crippen LogP contribution in [0.25, 0.3) is 0 Å². The molecule has 1 unspecified atom stereocenters. The van der Waals surface area contributed by atoms with Crippen LogP contribution >= 0.6 is 15.9 Å². The van der Waals surface area contributed by atoms with Crippen molar-refractivity contribution in [2.75, 3.05) is 0 Å². The van der Waals surface area contributed by atoms with Crippen LogP contribution in [-0.4, -0.2) is 21.6 Å². The number of nitrogens with two attached hydrogens (primary N) is 1. The minimum absolute atomic E-state index is 0.0937. The molecule has 78 valence electrons. The molecule has 0 radical (unpaired) electrons. The summed E-state index contributed by atoms with van der Waals surface area (Å²) < 4.78 is 2.45. The van der Waals surface area contributed by atoms with Crippen LogP contribution < -0.4 is 5.73 Å². The van der Waals surface area contributed by atoms with E-state index in [0.29, 0.717) is 10.2 Å². The molecule has 0 fully saturated rings. The second kappa shape index (κ2) is 4.23. The minimum Gasteiger partial charge on any atom is -0.321 e. The molecule has 14 heavy (non-hydrogen) atoms. The zero-order valence-electron chi connectivity index (χ0n) is 8.49. The van der Waals surface area contributed by atoms with E-state index in [4.69, 9.17) is 5.73 Å². The zero-order valence-corrected chi connectivity index (χ0v) is 10.1. The first-order valence-electron chi connectivity index (χ1n) is 4.48. The van der Waals surface area contributed by atoms with Gasteiger partial charge in [0.15, 0.2) is 5.78 Å². The normalized spacial score (nSPS) is 13.3. The maximum absolute atomic E-state index is 11.6. The van der Waals surface area contributed by atoms with E-state index in [1.807, 2.05) is 13.8 Å². The highest BCUT2D eigenvalue weighted by Crippen LogP contribution is 2.21. The van der Waals surface area contributed by atoms with Gasteiger partial charge in [0.25, 0.3) is 0 Å². The first-order chi connectivity index (χ1) is 6.45. The summed E-state index contributed by atoms with van der Waals surface area (Å²) in [5, 5.41) is 4.11. The van der Waals surface area contributed by atoms with Crippen molar-refractivity contribution < 1.29 is 4.79 Å². The van der Waals surface area contributed by atoms with Crippen LogP contribution in [0.15, 0.2) is 10.8 Å². The maximum atomic E-state index is 11.6. The molecule has 2 N–H and O–H groups in total. The fraction of sp³-hybridized carbons (Fsp3) is 0.556. The summed E-state index contributed by atoms with van der Waals surface area (Å²) in [5.74, 6) is -0.0937. The third-order valence-electron chi connectivity index (χ3n) is 1.90. The van der Waals surface area contributed by atoms with Crippen LogP contribution in [0.2, 0.25) is 0 Å². The standard InChI is InChI=1S/C9H14BrN3O/c1-5(2)13-9(10)7(4-12-13)8(14)6(3)11/h4-6H,11H2,1-3H3. The third-order valence-corrected chi connectivity index (χ3v) is 2.69. The van der Waals surface area contributed by atoms with Crippen molar-refractivity contribution in [1.82, 2.24) is 9.78 Å². The Kier molecular flexibility index (Phi) is 3.44. The molecule has 1 heterocycles. The van der Waals surface area contributed by atoms with E-state index >= 15 is 0 Å². The lowest BCUT2D eigenvalue weighted by Crippen LogP contribution is -2.26. The summed E-state index contributed by atoms with van der Waals surface area (Å²) in [6.45, 7) is 5.66. The summed E-state index contributed by atoms with van der Waals surface area (Å²) in [5.41, 5.74) is 6.06. The van der Waals surface area contributed by atoms with Crippen LogP contribution in [0.4, 0.5) is 0 Å². The van der Waals surface area contributed by atoms with Crippen molar-refractivity contribution >= 4 is 21.7 Å². The molecular formula is C9H14BrN3O. The minimum atomic E-state index is -0.490. The van der Waals surface area contributed by atoms with Gasteiger partial charge in [0.2, 0.25) is 0 Å². The average molecular weight is 260 g/mol. The number of halogens is 1. The Balaban J connectivity index is 3.07. The molecule has 1 aromatic heterocycles. The zero-order chi connectivity index (χ0) is 10.9. The number of aromatic nitrogens is 2. The Morgan fingerprint density at radius 3 is 2.50 bits per heavy atom. The predicted octanol–water partition coefficient (Wildman–Crippen LogP) is 1.76. The molecule has 1 aromatic rings. The molecule has 0 saturated carbocycles. The number of ketones is 1. The Bertz CT molecular complexity index is 344. The largest absolute Gasteiger partial charge is 0.321 e. The molecule has 0 aromatic carbocycles. The summed E-state index contributed by atoms with van der Waals surface area (Å²) in [7, 11) is 0. The predicted molar refractivity (Wildman–Crippen MR) is 58.3 cm³/mol. The number of carbonyl (C=O) groups excluding carboxylic acids is 1. The van der Waals surface area contributed by atoms with Gasteiger partial charge in [-0.3, -0.25) is 9.48 Å². The van der Waals surface area contributed by atoms with Crippen molar-refractivity contribution in [1.29, 1.82) is 0 Å². The first kappa shape index (κ1) is 11.4.